The molecule has 2 rings (SSSR count). The van der Waals surface area contributed by atoms with Crippen LogP contribution in [0, 0.1) is 0 Å². The molecule has 0 saturated heterocycles. The van der Waals surface area contributed by atoms with Gasteiger partial charge in [-0.2, -0.15) is 0 Å². The van der Waals surface area contributed by atoms with E-state index < -0.39 is 0 Å². The first-order valence-electron chi connectivity index (χ1n) is 5.61. The molecule has 1 aromatic heterocycles. The summed E-state index contributed by atoms with van der Waals surface area (Å²) in [4.78, 5) is 14.9. The Morgan fingerprint density at radius 1 is 1.44 bits per heavy atom. The summed E-state index contributed by atoms with van der Waals surface area (Å²) in [5.74, 6) is 0.434. The lowest BCUT2D eigenvalue weighted by atomic mass is 9.93. The van der Waals surface area contributed by atoms with E-state index >= 15 is 0 Å². The second-order valence-electron chi connectivity index (χ2n) is 4.39. The Morgan fingerprint density at radius 2 is 2.12 bits per heavy atom. The van der Waals surface area contributed by atoms with Gasteiger partial charge in [-0.05, 0) is 48.0 Å². The van der Waals surface area contributed by atoms with Gasteiger partial charge in [0.2, 0.25) is 0 Å². The van der Waals surface area contributed by atoms with Crippen molar-refractivity contribution in [3.63, 3.8) is 0 Å². The Labute approximate surface area is 109 Å². The molecule has 88 valence electrons. The fraction of sp³-hybridized carbons (Fsp3) is 0.583. The van der Waals surface area contributed by atoms with Crippen molar-refractivity contribution in [2.45, 2.75) is 38.3 Å². The van der Waals surface area contributed by atoms with Crippen LogP contribution in [0.25, 0.3) is 0 Å². The van der Waals surface area contributed by atoms with Gasteiger partial charge in [-0.3, -0.25) is 9.69 Å². The summed E-state index contributed by atoms with van der Waals surface area (Å²) in [6.45, 7) is 0.995. The zero-order chi connectivity index (χ0) is 11.5. The number of Topliss-reactive ketones (excluding diaryl/α,β-unsaturated/α-hetero) is 1. The van der Waals surface area contributed by atoms with Crippen molar-refractivity contribution in [1.29, 1.82) is 0 Å². The molecule has 1 aliphatic carbocycles. The minimum absolute atomic E-state index is 0.434. The lowest BCUT2D eigenvalue weighted by Crippen LogP contribution is -2.34. The molecule has 0 spiro atoms. The maximum absolute atomic E-state index is 11.2. The average molecular weight is 302 g/mol. The first kappa shape index (κ1) is 12.3. The largest absolute Gasteiger partial charge is 0.300 e. The lowest BCUT2D eigenvalue weighted by molar-refractivity contribution is -0.121. The molecule has 0 unspecified atom stereocenters. The van der Waals surface area contributed by atoms with Crippen LogP contribution in [0.4, 0.5) is 0 Å². The first-order chi connectivity index (χ1) is 7.65. The van der Waals surface area contributed by atoms with E-state index in [1.807, 2.05) is 0 Å². The van der Waals surface area contributed by atoms with Crippen LogP contribution < -0.4 is 0 Å². The van der Waals surface area contributed by atoms with Crippen molar-refractivity contribution in [3.05, 3.63) is 20.8 Å². The number of carbonyl (C=O) groups excluding carboxylic acids is 1. The average Bonchev–Trinajstić information content (AvgIpc) is 2.65. The molecule has 0 N–H and O–H groups in total. The van der Waals surface area contributed by atoms with Gasteiger partial charge in [0, 0.05) is 30.3 Å². The van der Waals surface area contributed by atoms with Crippen LogP contribution in [-0.2, 0) is 11.3 Å². The number of ketones is 1. The summed E-state index contributed by atoms with van der Waals surface area (Å²) in [5, 5.41) is 0. The Balaban J connectivity index is 1.88. The number of carbonyl (C=O) groups is 1. The maximum atomic E-state index is 11.2. The molecule has 0 aromatic carbocycles. The number of halogens is 1. The van der Waals surface area contributed by atoms with E-state index in [4.69, 9.17) is 0 Å². The topological polar surface area (TPSA) is 20.3 Å². The highest BCUT2D eigenvalue weighted by Crippen LogP contribution is 2.26. The molecule has 1 fully saturated rings. The number of hydrogen-bond donors (Lipinski definition) is 0. The van der Waals surface area contributed by atoms with Gasteiger partial charge in [0.15, 0.2) is 0 Å². The van der Waals surface area contributed by atoms with E-state index in [9.17, 15) is 4.79 Å². The van der Waals surface area contributed by atoms with Crippen LogP contribution in [0.1, 0.15) is 30.6 Å². The fourth-order valence-electron chi connectivity index (χ4n) is 2.18. The highest BCUT2D eigenvalue weighted by molar-refractivity contribution is 9.11. The number of hydrogen-bond acceptors (Lipinski definition) is 3. The molecule has 0 radical (unpaired) electrons. The summed E-state index contributed by atoms with van der Waals surface area (Å²) in [7, 11) is 2.16. The highest BCUT2D eigenvalue weighted by Gasteiger charge is 2.22. The van der Waals surface area contributed by atoms with Crippen LogP contribution in [0.5, 0.6) is 0 Å². The van der Waals surface area contributed by atoms with Crippen molar-refractivity contribution in [1.82, 2.24) is 4.90 Å². The van der Waals surface area contributed by atoms with E-state index in [2.05, 4.69) is 40.0 Å². The van der Waals surface area contributed by atoms with E-state index in [-0.39, 0.29) is 0 Å². The van der Waals surface area contributed by atoms with Crippen LogP contribution in [0.3, 0.4) is 0 Å². The number of nitrogens with zero attached hydrogens (tertiary/aromatic N) is 1. The standard InChI is InChI=1S/C12H16BrNOS/c1-14(8-11-6-7-12(13)16-11)9-2-4-10(15)5-3-9/h6-7,9H,2-5,8H2,1H3. The summed E-state index contributed by atoms with van der Waals surface area (Å²) < 4.78 is 1.19. The molecule has 2 nitrogen and oxygen atoms in total. The van der Waals surface area contributed by atoms with Gasteiger partial charge in [0.05, 0.1) is 3.79 Å². The normalized spacial score (nSPS) is 18.3. The third-order valence-electron chi connectivity index (χ3n) is 3.17. The Bertz CT molecular complexity index is 367. The van der Waals surface area contributed by atoms with Crippen molar-refractivity contribution < 1.29 is 4.79 Å². The van der Waals surface area contributed by atoms with Gasteiger partial charge in [0.1, 0.15) is 5.78 Å². The summed E-state index contributed by atoms with van der Waals surface area (Å²) in [6.07, 6.45) is 3.59. The van der Waals surface area contributed by atoms with Crippen LogP contribution in [0.2, 0.25) is 0 Å². The second kappa shape index (κ2) is 5.43. The molecule has 1 heterocycles. The molecule has 1 saturated carbocycles. The maximum Gasteiger partial charge on any atom is 0.133 e. The van der Waals surface area contributed by atoms with Crippen LogP contribution in [-0.4, -0.2) is 23.8 Å². The Hall–Kier alpha value is -0.190. The van der Waals surface area contributed by atoms with Gasteiger partial charge in [-0.1, -0.05) is 0 Å². The van der Waals surface area contributed by atoms with Crippen molar-refractivity contribution >= 4 is 33.0 Å². The number of thiophene rings is 1. The van der Waals surface area contributed by atoms with Gasteiger partial charge in [-0.15, -0.1) is 11.3 Å². The molecular weight excluding hydrogens is 286 g/mol. The fourth-order valence-corrected chi connectivity index (χ4v) is 3.72. The molecule has 1 aromatic rings. The molecule has 1 aliphatic rings. The molecule has 0 atom stereocenters. The van der Waals surface area contributed by atoms with Crippen molar-refractivity contribution in [2.24, 2.45) is 0 Å². The quantitative estimate of drug-likeness (QED) is 0.852. The van der Waals surface area contributed by atoms with E-state index in [0.29, 0.717) is 11.8 Å². The van der Waals surface area contributed by atoms with Crippen LogP contribution in [0.15, 0.2) is 15.9 Å². The van der Waals surface area contributed by atoms with Gasteiger partial charge < -0.3 is 0 Å². The zero-order valence-corrected chi connectivity index (χ0v) is 11.8. The summed E-state index contributed by atoms with van der Waals surface area (Å²) in [5.41, 5.74) is 0. The minimum Gasteiger partial charge on any atom is -0.300 e. The van der Waals surface area contributed by atoms with E-state index in [0.717, 1.165) is 32.2 Å². The monoisotopic (exact) mass is 301 g/mol. The Morgan fingerprint density at radius 3 is 2.69 bits per heavy atom. The predicted octanol–water partition coefficient (Wildman–Crippen LogP) is 3.45. The van der Waals surface area contributed by atoms with Crippen LogP contribution >= 0.6 is 27.3 Å². The van der Waals surface area contributed by atoms with Crippen molar-refractivity contribution in [3.8, 4) is 0 Å². The summed E-state index contributed by atoms with van der Waals surface area (Å²) >= 11 is 5.27. The second-order valence-corrected chi connectivity index (χ2v) is 6.94. The van der Waals surface area contributed by atoms with Gasteiger partial charge >= 0.3 is 0 Å². The minimum atomic E-state index is 0.434. The SMILES string of the molecule is CN(Cc1ccc(Br)s1)C1CCC(=O)CC1. The molecule has 16 heavy (non-hydrogen) atoms. The van der Waals surface area contributed by atoms with Gasteiger partial charge in [-0.25, -0.2) is 0 Å². The molecular formula is C12H16BrNOS. The molecule has 4 heteroatoms. The number of rotatable bonds is 3. The molecule has 0 amide bonds. The third-order valence-corrected chi connectivity index (χ3v) is 4.78. The third kappa shape index (κ3) is 3.15. The van der Waals surface area contributed by atoms with Crippen molar-refractivity contribution in [2.75, 3.05) is 7.05 Å². The molecule has 0 bridgehead atoms. The highest BCUT2D eigenvalue weighted by atomic mass is 79.9. The predicted molar refractivity (Wildman–Crippen MR) is 70.7 cm³/mol. The first-order valence-corrected chi connectivity index (χ1v) is 7.22. The summed E-state index contributed by atoms with van der Waals surface area (Å²) in [6, 6.07) is 4.84. The van der Waals surface area contributed by atoms with Gasteiger partial charge in [0.25, 0.3) is 0 Å². The van der Waals surface area contributed by atoms with E-state index in [1.165, 1.54) is 8.66 Å². The zero-order valence-electron chi connectivity index (χ0n) is 9.41. The molecule has 0 aliphatic heterocycles. The smallest absolute Gasteiger partial charge is 0.133 e. The van der Waals surface area contributed by atoms with E-state index in [1.54, 1.807) is 11.3 Å². The Kier molecular flexibility index (Phi) is 4.16. The lowest BCUT2D eigenvalue weighted by Gasteiger charge is -2.30.